The van der Waals surface area contributed by atoms with Crippen molar-refractivity contribution in [2.45, 2.75) is 26.3 Å². The predicted molar refractivity (Wildman–Crippen MR) is 79.7 cm³/mol. The third-order valence-electron chi connectivity index (χ3n) is 3.71. The number of anilines is 2. The van der Waals surface area contributed by atoms with Gasteiger partial charge in [-0.3, -0.25) is 0 Å². The highest BCUT2D eigenvalue weighted by Crippen LogP contribution is 2.26. The van der Waals surface area contributed by atoms with Gasteiger partial charge in [0.2, 0.25) is 0 Å². The van der Waals surface area contributed by atoms with E-state index in [-0.39, 0.29) is 5.54 Å². The lowest BCUT2D eigenvalue weighted by molar-refractivity contribution is 0.538. The van der Waals surface area contributed by atoms with E-state index < -0.39 is 0 Å². The summed E-state index contributed by atoms with van der Waals surface area (Å²) in [5.41, 5.74) is 2.78. The molecule has 0 saturated carbocycles. The summed E-state index contributed by atoms with van der Waals surface area (Å²) in [6.45, 7) is 11.1. The third kappa shape index (κ3) is 2.96. The lowest BCUT2D eigenvalue weighted by atomic mass is 10.1. The van der Waals surface area contributed by atoms with Crippen LogP contribution in [0.15, 0.2) is 24.3 Å². The SMILES string of the molecule is CN(c1cccc(N2CCNCC2)c1)C(C)(C)C. The fourth-order valence-electron chi connectivity index (χ4n) is 2.21. The topological polar surface area (TPSA) is 18.5 Å². The van der Waals surface area contributed by atoms with Gasteiger partial charge in [-0.25, -0.2) is 0 Å². The number of nitrogens with zero attached hydrogens (tertiary/aromatic N) is 2. The Morgan fingerprint density at radius 1 is 1.17 bits per heavy atom. The van der Waals surface area contributed by atoms with Crippen LogP contribution in [0.2, 0.25) is 0 Å². The Kier molecular flexibility index (Phi) is 3.81. The first-order chi connectivity index (χ1) is 8.48. The summed E-state index contributed by atoms with van der Waals surface area (Å²) in [5.74, 6) is 0. The van der Waals surface area contributed by atoms with Crippen molar-refractivity contribution in [2.24, 2.45) is 0 Å². The lowest BCUT2D eigenvalue weighted by Gasteiger charge is -2.35. The molecule has 1 fully saturated rings. The molecule has 0 amide bonds. The molecule has 1 saturated heterocycles. The third-order valence-corrected chi connectivity index (χ3v) is 3.71. The Labute approximate surface area is 111 Å². The maximum absolute atomic E-state index is 3.39. The van der Waals surface area contributed by atoms with Crippen LogP contribution in [0.25, 0.3) is 0 Å². The van der Waals surface area contributed by atoms with Crippen molar-refractivity contribution in [1.82, 2.24) is 5.32 Å². The van der Waals surface area contributed by atoms with Crippen molar-refractivity contribution in [3.05, 3.63) is 24.3 Å². The second-order valence-electron chi connectivity index (χ2n) is 5.99. The van der Waals surface area contributed by atoms with Crippen LogP contribution in [-0.2, 0) is 0 Å². The van der Waals surface area contributed by atoms with Crippen LogP contribution in [-0.4, -0.2) is 38.8 Å². The molecule has 0 unspecified atom stereocenters. The maximum atomic E-state index is 3.39. The van der Waals surface area contributed by atoms with Crippen molar-refractivity contribution < 1.29 is 0 Å². The van der Waals surface area contributed by atoms with Gasteiger partial charge in [0.05, 0.1) is 0 Å². The molecule has 1 aliphatic rings. The second-order valence-corrected chi connectivity index (χ2v) is 5.99. The fourth-order valence-corrected chi connectivity index (χ4v) is 2.21. The molecule has 1 aromatic rings. The summed E-state index contributed by atoms with van der Waals surface area (Å²) in [6.07, 6.45) is 0. The Morgan fingerprint density at radius 2 is 1.83 bits per heavy atom. The molecule has 1 N–H and O–H groups in total. The normalized spacial score (nSPS) is 16.8. The number of piperazine rings is 1. The van der Waals surface area contributed by atoms with Gasteiger partial charge in [-0.15, -0.1) is 0 Å². The molecule has 3 nitrogen and oxygen atoms in total. The molecule has 100 valence electrons. The first-order valence-corrected chi connectivity index (χ1v) is 6.78. The van der Waals surface area contributed by atoms with Gasteiger partial charge in [0, 0.05) is 50.1 Å². The van der Waals surface area contributed by atoms with Gasteiger partial charge in [-0.1, -0.05) is 6.07 Å². The minimum absolute atomic E-state index is 0.155. The molecule has 0 spiro atoms. The molecule has 18 heavy (non-hydrogen) atoms. The van der Waals surface area contributed by atoms with Gasteiger partial charge >= 0.3 is 0 Å². The van der Waals surface area contributed by atoms with Crippen LogP contribution in [0.3, 0.4) is 0 Å². The molecule has 0 aromatic heterocycles. The van der Waals surface area contributed by atoms with E-state index in [0.717, 1.165) is 26.2 Å². The van der Waals surface area contributed by atoms with E-state index >= 15 is 0 Å². The van der Waals surface area contributed by atoms with Gasteiger partial charge in [0.15, 0.2) is 0 Å². The van der Waals surface area contributed by atoms with E-state index in [0.29, 0.717) is 0 Å². The molecule has 0 aliphatic carbocycles. The molecular formula is C15H25N3. The Balaban J connectivity index is 2.19. The van der Waals surface area contributed by atoms with Crippen molar-refractivity contribution in [3.63, 3.8) is 0 Å². The largest absolute Gasteiger partial charge is 0.370 e. The standard InChI is InChI=1S/C15H25N3/c1-15(2,3)17(4)13-6-5-7-14(12-13)18-10-8-16-9-11-18/h5-7,12,16H,8-11H2,1-4H3. The van der Waals surface area contributed by atoms with E-state index in [2.05, 4.69) is 67.2 Å². The molecular weight excluding hydrogens is 222 g/mol. The second kappa shape index (κ2) is 5.19. The summed E-state index contributed by atoms with van der Waals surface area (Å²) in [7, 11) is 2.16. The highest BCUT2D eigenvalue weighted by atomic mass is 15.2. The summed E-state index contributed by atoms with van der Waals surface area (Å²) >= 11 is 0. The fraction of sp³-hybridized carbons (Fsp3) is 0.600. The first-order valence-electron chi connectivity index (χ1n) is 6.78. The number of rotatable bonds is 2. The van der Waals surface area contributed by atoms with Crippen molar-refractivity contribution in [1.29, 1.82) is 0 Å². The molecule has 0 radical (unpaired) electrons. The molecule has 1 aromatic carbocycles. The van der Waals surface area contributed by atoms with Gasteiger partial charge in [-0.05, 0) is 39.0 Å². The van der Waals surface area contributed by atoms with Gasteiger partial charge < -0.3 is 15.1 Å². The zero-order valence-corrected chi connectivity index (χ0v) is 12.0. The van der Waals surface area contributed by atoms with Crippen LogP contribution in [0.1, 0.15) is 20.8 Å². The Hall–Kier alpha value is -1.22. The van der Waals surface area contributed by atoms with Gasteiger partial charge in [-0.2, -0.15) is 0 Å². The number of benzene rings is 1. The van der Waals surface area contributed by atoms with Gasteiger partial charge in [0.25, 0.3) is 0 Å². The van der Waals surface area contributed by atoms with E-state index in [1.165, 1.54) is 11.4 Å². The number of hydrogen-bond acceptors (Lipinski definition) is 3. The molecule has 0 bridgehead atoms. The summed E-state index contributed by atoms with van der Waals surface area (Å²) < 4.78 is 0. The van der Waals surface area contributed by atoms with Crippen LogP contribution >= 0.6 is 0 Å². The van der Waals surface area contributed by atoms with Crippen molar-refractivity contribution in [2.75, 3.05) is 43.0 Å². The molecule has 1 aliphatic heterocycles. The minimum atomic E-state index is 0.155. The lowest BCUT2D eigenvalue weighted by Crippen LogP contribution is -2.43. The first kappa shape index (κ1) is 13.2. The number of hydrogen-bond donors (Lipinski definition) is 1. The maximum Gasteiger partial charge on any atom is 0.0388 e. The molecule has 0 atom stereocenters. The predicted octanol–water partition coefficient (Wildman–Crippen LogP) is 2.33. The summed E-state index contributed by atoms with van der Waals surface area (Å²) in [4.78, 5) is 4.79. The van der Waals surface area contributed by atoms with E-state index in [9.17, 15) is 0 Å². The van der Waals surface area contributed by atoms with E-state index in [1.54, 1.807) is 0 Å². The summed E-state index contributed by atoms with van der Waals surface area (Å²) in [5, 5.41) is 3.39. The zero-order chi connectivity index (χ0) is 13.2. The van der Waals surface area contributed by atoms with Crippen LogP contribution in [0.4, 0.5) is 11.4 Å². The van der Waals surface area contributed by atoms with Gasteiger partial charge in [0.1, 0.15) is 0 Å². The smallest absolute Gasteiger partial charge is 0.0388 e. The van der Waals surface area contributed by atoms with Crippen LogP contribution in [0.5, 0.6) is 0 Å². The Bertz CT molecular complexity index is 389. The highest BCUT2D eigenvalue weighted by molar-refractivity contribution is 5.60. The van der Waals surface area contributed by atoms with Crippen molar-refractivity contribution >= 4 is 11.4 Å². The average molecular weight is 247 g/mol. The zero-order valence-electron chi connectivity index (χ0n) is 12.0. The van der Waals surface area contributed by atoms with Crippen LogP contribution in [0, 0.1) is 0 Å². The van der Waals surface area contributed by atoms with E-state index in [4.69, 9.17) is 0 Å². The minimum Gasteiger partial charge on any atom is -0.370 e. The number of nitrogens with one attached hydrogen (secondary N) is 1. The average Bonchev–Trinajstić information content (AvgIpc) is 2.38. The quantitative estimate of drug-likeness (QED) is 0.865. The highest BCUT2D eigenvalue weighted by Gasteiger charge is 2.18. The van der Waals surface area contributed by atoms with E-state index in [1.807, 2.05) is 0 Å². The molecule has 1 heterocycles. The van der Waals surface area contributed by atoms with Crippen molar-refractivity contribution in [3.8, 4) is 0 Å². The summed E-state index contributed by atoms with van der Waals surface area (Å²) in [6, 6.07) is 8.87. The Morgan fingerprint density at radius 3 is 2.44 bits per heavy atom. The molecule has 3 heteroatoms. The van der Waals surface area contributed by atoms with Crippen LogP contribution < -0.4 is 15.1 Å². The monoisotopic (exact) mass is 247 g/mol. The molecule has 2 rings (SSSR count).